The topological polar surface area (TPSA) is 58.2 Å². The van der Waals surface area contributed by atoms with Gasteiger partial charge in [-0.3, -0.25) is 9.59 Å². The van der Waals surface area contributed by atoms with Crippen LogP contribution in [0.25, 0.3) is 0 Å². The van der Waals surface area contributed by atoms with Gasteiger partial charge in [-0.2, -0.15) is 0 Å². The van der Waals surface area contributed by atoms with Crippen LogP contribution in [0, 0.1) is 0 Å². The highest BCUT2D eigenvalue weighted by atomic mass is 35.5. The summed E-state index contributed by atoms with van der Waals surface area (Å²) in [6, 6.07) is 12.4. The highest BCUT2D eigenvalue weighted by Crippen LogP contribution is 2.29. The summed E-state index contributed by atoms with van der Waals surface area (Å²) in [5, 5.41) is 5.63. The van der Waals surface area contributed by atoms with E-state index in [0.717, 1.165) is 12.0 Å². The lowest BCUT2D eigenvalue weighted by Crippen LogP contribution is -2.37. The molecule has 2 aromatic carbocycles. The Kier molecular flexibility index (Phi) is 6.23. The molecule has 6 heteroatoms. The second-order valence-electron chi connectivity index (χ2n) is 5.34. The average molecular weight is 365 g/mol. The van der Waals surface area contributed by atoms with Crippen molar-refractivity contribution >= 4 is 40.7 Å². The molecule has 0 aliphatic carbocycles. The molecule has 2 rings (SSSR count). The summed E-state index contributed by atoms with van der Waals surface area (Å²) in [5.74, 6) is -1.57. The quantitative estimate of drug-likeness (QED) is 0.791. The third-order valence-electron chi connectivity index (χ3n) is 3.64. The summed E-state index contributed by atoms with van der Waals surface area (Å²) in [6.45, 7) is 3.89. The molecule has 2 amide bonds. The number of amides is 2. The van der Waals surface area contributed by atoms with Crippen molar-refractivity contribution in [3.05, 3.63) is 63.6 Å². The molecule has 2 N–H and O–H groups in total. The normalized spacial score (nSPS) is 11.7. The Bertz CT molecular complexity index is 725. The van der Waals surface area contributed by atoms with Crippen LogP contribution in [0.15, 0.2) is 42.5 Å². The van der Waals surface area contributed by atoms with Crippen molar-refractivity contribution in [3.8, 4) is 0 Å². The van der Waals surface area contributed by atoms with Crippen LogP contribution >= 0.6 is 23.2 Å². The molecule has 2 aromatic rings. The molecule has 1 atom stereocenters. The summed E-state index contributed by atoms with van der Waals surface area (Å²) in [5.41, 5.74) is 2.36. The fourth-order valence-corrected chi connectivity index (χ4v) is 2.67. The molecular weight excluding hydrogens is 347 g/mol. The predicted octanol–water partition coefficient (Wildman–Crippen LogP) is 4.37. The molecule has 0 heterocycles. The van der Waals surface area contributed by atoms with Crippen molar-refractivity contribution in [3.63, 3.8) is 0 Å². The van der Waals surface area contributed by atoms with Crippen LogP contribution in [-0.4, -0.2) is 11.8 Å². The molecule has 0 saturated heterocycles. The lowest BCUT2D eigenvalue weighted by atomic mass is 10.1. The van der Waals surface area contributed by atoms with Gasteiger partial charge in [0, 0.05) is 0 Å². The van der Waals surface area contributed by atoms with E-state index in [4.69, 9.17) is 23.2 Å². The Morgan fingerprint density at radius 3 is 2.12 bits per heavy atom. The Labute approximate surface area is 151 Å². The van der Waals surface area contributed by atoms with E-state index in [2.05, 4.69) is 17.6 Å². The molecule has 4 nitrogen and oxygen atoms in total. The van der Waals surface area contributed by atoms with Gasteiger partial charge in [-0.1, -0.05) is 60.5 Å². The van der Waals surface area contributed by atoms with E-state index in [-0.39, 0.29) is 21.8 Å². The maximum Gasteiger partial charge on any atom is 0.313 e. The van der Waals surface area contributed by atoms with Gasteiger partial charge in [0.1, 0.15) is 0 Å². The largest absolute Gasteiger partial charge is 0.341 e. The summed E-state index contributed by atoms with van der Waals surface area (Å²) in [7, 11) is 0. The maximum absolute atomic E-state index is 12.1. The molecule has 0 fully saturated rings. The van der Waals surface area contributed by atoms with Gasteiger partial charge in [-0.05, 0) is 36.6 Å². The maximum atomic E-state index is 12.1. The molecule has 0 aromatic heterocycles. The molecule has 0 radical (unpaired) electrons. The molecule has 0 saturated carbocycles. The summed E-state index contributed by atoms with van der Waals surface area (Å²) in [6.07, 6.45) is 0.946. The van der Waals surface area contributed by atoms with Crippen molar-refractivity contribution in [2.45, 2.75) is 26.3 Å². The first-order valence-corrected chi connectivity index (χ1v) is 8.32. The first-order valence-electron chi connectivity index (χ1n) is 7.57. The smallest absolute Gasteiger partial charge is 0.313 e. The number of carbonyl (C=O) groups is 2. The fourth-order valence-electron chi connectivity index (χ4n) is 2.18. The van der Waals surface area contributed by atoms with Gasteiger partial charge in [0.15, 0.2) is 0 Å². The number of nitrogens with one attached hydrogen (secondary N) is 2. The van der Waals surface area contributed by atoms with Crippen LogP contribution in [-0.2, 0) is 16.0 Å². The van der Waals surface area contributed by atoms with Gasteiger partial charge in [0.25, 0.3) is 0 Å². The van der Waals surface area contributed by atoms with Crippen LogP contribution in [0.1, 0.15) is 31.0 Å². The standard InChI is InChI=1S/C18H18Cl2N2O2/c1-3-12-7-9-13(10-8-12)11(2)21-17(23)18(24)22-16-14(19)5-4-6-15(16)20/h4-11H,3H2,1-2H3,(H,21,23)(H,22,24). The number of hydrogen-bond donors (Lipinski definition) is 2. The zero-order valence-corrected chi connectivity index (χ0v) is 14.9. The minimum atomic E-state index is -0.818. The third-order valence-corrected chi connectivity index (χ3v) is 4.27. The van der Waals surface area contributed by atoms with Gasteiger partial charge >= 0.3 is 11.8 Å². The van der Waals surface area contributed by atoms with Crippen LogP contribution in [0.5, 0.6) is 0 Å². The molecule has 0 aliphatic rings. The predicted molar refractivity (Wildman–Crippen MR) is 97.5 cm³/mol. The van der Waals surface area contributed by atoms with E-state index in [1.54, 1.807) is 18.2 Å². The monoisotopic (exact) mass is 364 g/mol. The third kappa shape index (κ3) is 4.49. The number of benzene rings is 2. The van der Waals surface area contributed by atoms with Crippen LogP contribution in [0.3, 0.4) is 0 Å². The number of halogens is 2. The van der Waals surface area contributed by atoms with E-state index in [9.17, 15) is 9.59 Å². The molecule has 0 spiro atoms. The number of rotatable bonds is 4. The highest BCUT2D eigenvalue weighted by Gasteiger charge is 2.19. The van der Waals surface area contributed by atoms with Gasteiger partial charge in [-0.15, -0.1) is 0 Å². The summed E-state index contributed by atoms with van der Waals surface area (Å²) in [4.78, 5) is 24.1. The number of para-hydroxylation sites is 1. The number of aryl methyl sites for hydroxylation is 1. The summed E-state index contributed by atoms with van der Waals surface area (Å²) < 4.78 is 0. The van der Waals surface area contributed by atoms with Crippen molar-refractivity contribution < 1.29 is 9.59 Å². The van der Waals surface area contributed by atoms with E-state index in [0.29, 0.717) is 0 Å². The highest BCUT2D eigenvalue weighted by molar-refractivity contribution is 6.44. The minimum absolute atomic E-state index is 0.223. The van der Waals surface area contributed by atoms with E-state index < -0.39 is 11.8 Å². The Morgan fingerprint density at radius 2 is 1.58 bits per heavy atom. The first kappa shape index (κ1) is 18.3. The zero-order valence-electron chi connectivity index (χ0n) is 13.4. The molecular formula is C18H18Cl2N2O2. The Balaban J connectivity index is 2.01. The molecule has 0 aliphatic heterocycles. The number of hydrogen-bond acceptors (Lipinski definition) is 2. The van der Waals surface area contributed by atoms with E-state index in [1.807, 2.05) is 31.2 Å². The second kappa shape index (κ2) is 8.18. The van der Waals surface area contributed by atoms with E-state index in [1.165, 1.54) is 5.56 Å². The zero-order chi connectivity index (χ0) is 17.7. The SMILES string of the molecule is CCc1ccc(C(C)NC(=O)C(=O)Nc2c(Cl)cccc2Cl)cc1. The Hall–Kier alpha value is -2.04. The fraction of sp³-hybridized carbons (Fsp3) is 0.222. The van der Waals surface area contributed by atoms with E-state index >= 15 is 0 Å². The van der Waals surface area contributed by atoms with Crippen molar-refractivity contribution in [2.75, 3.05) is 5.32 Å². The summed E-state index contributed by atoms with van der Waals surface area (Å²) >= 11 is 12.0. The van der Waals surface area contributed by atoms with Crippen molar-refractivity contribution in [1.82, 2.24) is 5.32 Å². The van der Waals surface area contributed by atoms with Crippen LogP contribution < -0.4 is 10.6 Å². The van der Waals surface area contributed by atoms with Crippen molar-refractivity contribution in [2.24, 2.45) is 0 Å². The van der Waals surface area contributed by atoms with Gasteiger partial charge in [0.05, 0.1) is 21.8 Å². The lowest BCUT2D eigenvalue weighted by molar-refractivity contribution is -0.136. The second-order valence-corrected chi connectivity index (χ2v) is 6.16. The van der Waals surface area contributed by atoms with Gasteiger partial charge in [0.2, 0.25) is 0 Å². The van der Waals surface area contributed by atoms with Gasteiger partial charge in [-0.25, -0.2) is 0 Å². The lowest BCUT2D eigenvalue weighted by Gasteiger charge is -2.15. The number of anilines is 1. The van der Waals surface area contributed by atoms with Gasteiger partial charge < -0.3 is 10.6 Å². The average Bonchev–Trinajstić information content (AvgIpc) is 2.58. The molecule has 1 unspecified atom stereocenters. The van der Waals surface area contributed by atoms with Crippen LogP contribution in [0.4, 0.5) is 5.69 Å². The Morgan fingerprint density at radius 1 is 1.00 bits per heavy atom. The molecule has 126 valence electrons. The first-order chi connectivity index (χ1) is 11.4. The molecule has 0 bridgehead atoms. The van der Waals surface area contributed by atoms with Crippen LogP contribution in [0.2, 0.25) is 10.0 Å². The van der Waals surface area contributed by atoms with Crippen molar-refractivity contribution in [1.29, 1.82) is 0 Å². The molecule has 24 heavy (non-hydrogen) atoms. The minimum Gasteiger partial charge on any atom is -0.341 e. The number of carbonyl (C=O) groups excluding carboxylic acids is 2.